The molecule has 0 unspecified atom stereocenters. The molecule has 1 amide bonds. The van der Waals surface area contributed by atoms with E-state index in [2.05, 4.69) is 0 Å². The van der Waals surface area contributed by atoms with Gasteiger partial charge in [0.15, 0.2) is 10.9 Å². The minimum absolute atomic E-state index is 0.0748. The van der Waals surface area contributed by atoms with Crippen molar-refractivity contribution in [2.45, 2.75) is 42.0 Å². The number of piperidine rings is 1. The molecule has 0 aliphatic carbocycles. The maximum Gasteiger partial charge on any atom is 0.303 e. The molecule has 1 spiro atoms. The van der Waals surface area contributed by atoms with E-state index in [9.17, 15) is 18.0 Å². The average Bonchev–Trinajstić information content (AvgIpc) is 3.41. The Morgan fingerprint density at radius 3 is 2.59 bits per heavy atom. The van der Waals surface area contributed by atoms with Gasteiger partial charge in [-0.15, -0.1) is 0 Å². The maximum atomic E-state index is 13.1. The molecule has 11 heteroatoms. The minimum Gasteiger partial charge on any atom is -0.497 e. The third-order valence-corrected chi connectivity index (χ3v) is 9.39. The molecule has 3 fully saturated rings. The predicted molar refractivity (Wildman–Crippen MR) is 118 cm³/mol. The van der Waals surface area contributed by atoms with Crippen LogP contribution in [-0.2, 0) is 29.1 Å². The molecule has 3 heterocycles. The highest BCUT2D eigenvalue weighted by atomic mass is 32.2. The summed E-state index contributed by atoms with van der Waals surface area (Å²) >= 11 is 1.22. The molecule has 0 radical (unpaired) electrons. The molecule has 3 saturated heterocycles. The number of amides is 1. The number of esters is 1. The number of ether oxygens (including phenoxy) is 3. The molecule has 1 aromatic rings. The summed E-state index contributed by atoms with van der Waals surface area (Å²) in [5, 5.41) is 0. The van der Waals surface area contributed by atoms with Crippen molar-refractivity contribution in [1.29, 1.82) is 0 Å². The Morgan fingerprint density at radius 1 is 1.19 bits per heavy atom. The molecule has 32 heavy (non-hydrogen) atoms. The summed E-state index contributed by atoms with van der Waals surface area (Å²) < 4.78 is 43.5. The van der Waals surface area contributed by atoms with E-state index in [0.717, 1.165) is 6.42 Å². The van der Waals surface area contributed by atoms with Crippen LogP contribution in [0.5, 0.6) is 5.75 Å². The first-order valence-electron chi connectivity index (χ1n) is 10.6. The van der Waals surface area contributed by atoms with E-state index < -0.39 is 26.9 Å². The van der Waals surface area contributed by atoms with Gasteiger partial charge in [0, 0.05) is 39.2 Å². The van der Waals surface area contributed by atoms with Crippen molar-refractivity contribution in [2.24, 2.45) is 5.41 Å². The maximum absolute atomic E-state index is 13.1. The number of likely N-dealkylation sites (tertiary alicyclic amines) is 1. The van der Waals surface area contributed by atoms with Crippen LogP contribution in [0.1, 0.15) is 26.2 Å². The summed E-state index contributed by atoms with van der Waals surface area (Å²) in [5.41, 5.74) is -1.19. The van der Waals surface area contributed by atoms with Gasteiger partial charge in [-0.05, 0) is 36.8 Å². The average molecular weight is 485 g/mol. The molecule has 0 saturated carbocycles. The molecule has 1 aromatic carbocycles. The van der Waals surface area contributed by atoms with Gasteiger partial charge in [0.05, 0.1) is 18.6 Å². The van der Waals surface area contributed by atoms with Crippen LogP contribution in [-0.4, -0.2) is 80.3 Å². The van der Waals surface area contributed by atoms with Gasteiger partial charge < -0.3 is 19.1 Å². The van der Waals surface area contributed by atoms with E-state index in [-0.39, 0.29) is 22.8 Å². The molecule has 176 valence electrons. The van der Waals surface area contributed by atoms with Gasteiger partial charge in [-0.2, -0.15) is 4.31 Å². The second-order valence-electron chi connectivity index (χ2n) is 8.43. The number of benzene rings is 1. The largest absolute Gasteiger partial charge is 0.497 e. The molecular formula is C21H28N2O7S2. The first kappa shape index (κ1) is 23.3. The van der Waals surface area contributed by atoms with E-state index in [1.54, 1.807) is 23.1 Å². The Morgan fingerprint density at radius 2 is 1.91 bits per heavy atom. The fourth-order valence-electron chi connectivity index (χ4n) is 4.55. The Labute approximate surface area is 192 Å². The van der Waals surface area contributed by atoms with Gasteiger partial charge in [-0.25, -0.2) is 8.42 Å². The molecular weight excluding hydrogens is 456 g/mol. The molecule has 3 aliphatic rings. The number of hydrogen-bond donors (Lipinski definition) is 0. The smallest absolute Gasteiger partial charge is 0.303 e. The number of carbonyl (C=O) groups is 2. The number of sulfonamides is 1. The highest BCUT2D eigenvalue weighted by molar-refractivity contribution is 8.01. The van der Waals surface area contributed by atoms with Crippen molar-refractivity contribution in [2.75, 3.05) is 39.9 Å². The SMILES string of the molecule is COc1cccc(S(=O)(=O)N2CCC3(CCN(C(=O)[C@H]4OC[C@H](OC(C)=O)S4)C3)CC2)c1. The lowest BCUT2D eigenvalue weighted by Gasteiger charge is -2.38. The number of methoxy groups -OCH3 is 1. The molecule has 0 bridgehead atoms. The van der Waals surface area contributed by atoms with Crippen LogP contribution >= 0.6 is 11.8 Å². The van der Waals surface area contributed by atoms with Crippen LogP contribution in [0.2, 0.25) is 0 Å². The molecule has 3 aliphatic heterocycles. The minimum atomic E-state index is -3.59. The van der Waals surface area contributed by atoms with Crippen LogP contribution in [0.4, 0.5) is 0 Å². The van der Waals surface area contributed by atoms with Crippen LogP contribution in [0, 0.1) is 5.41 Å². The second-order valence-corrected chi connectivity index (χ2v) is 11.6. The van der Waals surface area contributed by atoms with Gasteiger partial charge in [-0.3, -0.25) is 9.59 Å². The topological polar surface area (TPSA) is 102 Å². The zero-order valence-electron chi connectivity index (χ0n) is 18.2. The lowest BCUT2D eigenvalue weighted by molar-refractivity contribution is -0.144. The highest BCUT2D eigenvalue weighted by Crippen LogP contribution is 2.42. The van der Waals surface area contributed by atoms with Crippen molar-refractivity contribution >= 4 is 33.7 Å². The van der Waals surface area contributed by atoms with Gasteiger partial charge in [0.25, 0.3) is 5.91 Å². The van der Waals surface area contributed by atoms with Gasteiger partial charge in [-0.1, -0.05) is 17.8 Å². The molecule has 4 rings (SSSR count). The van der Waals surface area contributed by atoms with Gasteiger partial charge >= 0.3 is 5.97 Å². The zero-order valence-corrected chi connectivity index (χ0v) is 19.8. The fourth-order valence-corrected chi connectivity index (χ4v) is 7.07. The normalized spacial score (nSPS) is 25.8. The van der Waals surface area contributed by atoms with E-state index in [0.29, 0.717) is 44.8 Å². The summed E-state index contributed by atoms with van der Waals surface area (Å²) in [7, 11) is -2.08. The quantitative estimate of drug-likeness (QED) is 0.582. The Bertz CT molecular complexity index is 976. The monoisotopic (exact) mass is 484 g/mol. The highest BCUT2D eigenvalue weighted by Gasteiger charge is 2.46. The summed E-state index contributed by atoms with van der Waals surface area (Å²) in [4.78, 5) is 26.0. The standard InChI is InChI=1S/C21H28N2O7S2/c1-15(24)30-18-13-29-20(31-18)19(25)22-9-6-21(14-22)7-10-23(11-8-21)32(26,27)17-5-3-4-16(12-17)28-2/h3-5,12,18,20H,6-11,13-14H2,1-2H3/t18-,20+/m1/s1. The van der Waals surface area contributed by atoms with Crippen molar-refractivity contribution in [3.05, 3.63) is 24.3 Å². The molecule has 9 nitrogen and oxygen atoms in total. The Balaban J connectivity index is 1.34. The van der Waals surface area contributed by atoms with E-state index >= 15 is 0 Å². The van der Waals surface area contributed by atoms with Gasteiger partial charge in [0.1, 0.15) is 5.75 Å². The van der Waals surface area contributed by atoms with Crippen LogP contribution in [0.15, 0.2) is 29.2 Å². The number of rotatable bonds is 5. The van der Waals surface area contributed by atoms with Gasteiger partial charge in [0.2, 0.25) is 10.0 Å². The van der Waals surface area contributed by atoms with Crippen LogP contribution in [0.3, 0.4) is 0 Å². The fraction of sp³-hybridized carbons (Fsp3) is 0.619. The van der Waals surface area contributed by atoms with Crippen LogP contribution < -0.4 is 4.74 Å². The summed E-state index contributed by atoms with van der Waals surface area (Å²) in [6, 6.07) is 6.51. The Kier molecular flexibility index (Phi) is 6.71. The number of nitrogens with zero attached hydrogens (tertiary/aromatic N) is 2. The number of carbonyl (C=O) groups excluding carboxylic acids is 2. The third kappa shape index (κ3) is 4.75. The lowest BCUT2D eigenvalue weighted by atomic mass is 9.78. The first-order valence-corrected chi connectivity index (χ1v) is 13.0. The second kappa shape index (κ2) is 9.20. The first-order chi connectivity index (χ1) is 15.2. The molecule has 2 atom stereocenters. The van der Waals surface area contributed by atoms with Crippen molar-refractivity contribution < 1.29 is 32.2 Å². The Hall–Kier alpha value is -1.82. The van der Waals surface area contributed by atoms with Crippen LogP contribution in [0.25, 0.3) is 0 Å². The third-order valence-electron chi connectivity index (χ3n) is 6.37. The summed E-state index contributed by atoms with van der Waals surface area (Å²) in [6.45, 7) is 3.60. The van der Waals surface area contributed by atoms with Crippen molar-refractivity contribution in [3.8, 4) is 5.75 Å². The molecule has 0 N–H and O–H groups in total. The number of hydrogen-bond acceptors (Lipinski definition) is 8. The lowest BCUT2D eigenvalue weighted by Crippen LogP contribution is -2.45. The van der Waals surface area contributed by atoms with Crippen molar-refractivity contribution in [3.63, 3.8) is 0 Å². The zero-order chi connectivity index (χ0) is 22.9. The van der Waals surface area contributed by atoms with E-state index in [4.69, 9.17) is 14.2 Å². The van der Waals surface area contributed by atoms with E-state index in [1.807, 2.05) is 0 Å². The number of thioether (sulfide) groups is 1. The summed E-state index contributed by atoms with van der Waals surface area (Å²) in [5.74, 6) is 0.00962. The molecule has 0 aromatic heterocycles. The van der Waals surface area contributed by atoms with E-state index in [1.165, 1.54) is 36.2 Å². The predicted octanol–water partition coefficient (Wildman–Crippen LogP) is 1.68. The van der Waals surface area contributed by atoms with Crippen molar-refractivity contribution in [1.82, 2.24) is 9.21 Å². The summed E-state index contributed by atoms with van der Waals surface area (Å²) in [6.07, 6.45) is 2.25.